The maximum absolute atomic E-state index is 13.0. The summed E-state index contributed by atoms with van der Waals surface area (Å²) in [7, 11) is 0. The van der Waals surface area contributed by atoms with Gasteiger partial charge in [0.25, 0.3) is 5.89 Å². The molecule has 0 aliphatic heterocycles. The van der Waals surface area contributed by atoms with Crippen LogP contribution in [-0.4, -0.2) is 10.1 Å². The normalized spacial score (nSPS) is 16.3. The molecule has 1 heterocycles. The smallest absolute Gasteiger partial charge is 0.264 e. The minimum atomic E-state index is -0.490. The summed E-state index contributed by atoms with van der Waals surface area (Å²) < 4.78 is 23.6. The Morgan fingerprint density at radius 1 is 1.36 bits per heavy atom. The lowest BCUT2D eigenvalue weighted by Gasteiger charge is -2.17. The van der Waals surface area contributed by atoms with Gasteiger partial charge in [0.05, 0.1) is 10.6 Å². The van der Waals surface area contributed by atoms with E-state index in [1.54, 1.807) is 0 Å². The highest BCUT2D eigenvalue weighted by Crippen LogP contribution is 2.34. The summed E-state index contributed by atoms with van der Waals surface area (Å²) in [5.41, 5.74) is 5.77. The predicted molar refractivity (Wildman–Crippen MR) is 81.6 cm³/mol. The number of aromatic nitrogens is 2. The Bertz CT molecular complexity index is 645. The van der Waals surface area contributed by atoms with E-state index in [2.05, 4.69) is 10.1 Å². The minimum Gasteiger partial charge on any atom is -0.484 e. The van der Waals surface area contributed by atoms with E-state index >= 15 is 0 Å². The molecule has 0 atom stereocenters. The largest absolute Gasteiger partial charge is 0.484 e. The van der Waals surface area contributed by atoms with Crippen molar-refractivity contribution in [1.82, 2.24) is 10.1 Å². The van der Waals surface area contributed by atoms with Crippen LogP contribution in [0.25, 0.3) is 0 Å². The van der Waals surface area contributed by atoms with Crippen molar-refractivity contribution in [2.45, 2.75) is 37.8 Å². The number of hydrogen-bond donors (Lipinski definition) is 1. The molecule has 3 rings (SSSR count). The highest BCUT2D eigenvalue weighted by atomic mass is 35.5. The molecule has 1 aliphatic rings. The van der Waals surface area contributed by atoms with Crippen LogP contribution in [0.15, 0.2) is 22.7 Å². The zero-order chi connectivity index (χ0) is 14.9. The van der Waals surface area contributed by atoms with Gasteiger partial charge in [0.2, 0.25) is 0 Å². The summed E-state index contributed by atoms with van der Waals surface area (Å²) in [5.74, 6) is 0.804. The van der Waals surface area contributed by atoms with Crippen LogP contribution in [-0.2, 0) is 12.1 Å². The van der Waals surface area contributed by atoms with Crippen LogP contribution in [0.5, 0.6) is 5.75 Å². The van der Waals surface area contributed by atoms with Gasteiger partial charge in [0.1, 0.15) is 11.6 Å². The van der Waals surface area contributed by atoms with Crippen LogP contribution in [0.1, 0.15) is 37.4 Å². The molecule has 2 N–H and O–H groups in total. The summed E-state index contributed by atoms with van der Waals surface area (Å²) in [6.45, 7) is 0.0883. The van der Waals surface area contributed by atoms with Crippen molar-refractivity contribution < 1.29 is 13.7 Å². The summed E-state index contributed by atoms with van der Waals surface area (Å²) >= 11 is 5.68. The monoisotopic (exact) mass is 347 g/mol. The third-order valence-corrected chi connectivity index (χ3v) is 3.95. The molecule has 1 aromatic heterocycles. The highest BCUT2D eigenvalue weighted by Gasteiger charge is 2.35. The van der Waals surface area contributed by atoms with Crippen LogP contribution < -0.4 is 10.5 Å². The Balaban J connectivity index is 0.00000176. The average Bonchev–Trinajstić information content (AvgIpc) is 3.10. The molecule has 120 valence electrons. The molecule has 0 saturated heterocycles. The Morgan fingerprint density at radius 3 is 2.77 bits per heavy atom. The summed E-state index contributed by atoms with van der Waals surface area (Å²) in [6.07, 6.45) is 3.87. The summed E-state index contributed by atoms with van der Waals surface area (Å²) in [5, 5.41) is 3.94. The second-order valence-corrected chi connectivity index (χ2v) is 5.65. The van der Waals surface area contributed by atoms with Crippen LogP contribution in [0.3, 0.4) is 0 Å². The lowest BCUT2D eigenvalue weighted by molar-refractivity contribution is 0.241. The Hall–Kier alpha value is -1.37. The second kappa shape index (κ2) is 6.81. The first-order valence-corrected chi connectivity index (χ1v) is 7.14. The lowest BCUT2D eigenvalue weighted by atomic mass is 9.99. The van der Waals surface area contributed by atoms with E-state index in [1.165, 1.54) is 18.2 Å². The maximum Gasteiger partial charge on any atom is 0.264 e. The first-order valence-electron chi connectivity index (χ1n) is 6.77. The first kappa shape index (κ1) is 17.0. The van der Waals surface area contributed by atoms with Crippen molar-refractivity contribution in [3.8, 4) is 5.75 Å². The van der Waals surface area contributed by atoms with Crippen molar-refractivity contribution >= 4 is 24.0 Å². The molecule has 0 radical (unpaired) electrons. The van der Waals surface area contributed by atoms with Crippen molar-refractivity contribution in [3.05, 3.63) is 40.8 Å². The maximum atomic E-state index is 13.0. The molecule has 1 aliphatic carbocycles. The number of benzene rings is 1. The van der Waals surface area contributed by atoms with Gasteiger partial charge in [-0.3, -0.25) is 0 Å². The molecule has 0 amide bonds. The van der Waals surface area contributed by atoms with E-state index < -0.39 is 11.4 Å². The molecule has 0 unspecified atom stereocenters. The van der Waals surface area contributed by atoms with Gasteiger partial charge in [0, 0.05) is 6.07 Å². The van der Waals surface area contributed by atoms with E-state index in [4.69, 9.17) is 26.6 Å². The fourth-order valence-electron chi connectivity index (χ4n) is 2.46. The van der Waals surface area contributed by atoms with Gasteiger partial charge >= 0.3 is 0 Å². The summed E-state index contributed by atoms with van der Waals surface area (Å²) in [6, 6.07) is 4.12. The van der Waals surface area contributed by atoms with Crippen molar-refractivity contribution in [3.63, 3.8) is 0 Å². The standard InChI is InChI=1S/C14H15ClFN3O2.ClH/c15-10-7-9(3-4-11(10)16)20-8-12-18-13(19-21-12)14(17)5-1-2-6-14;/h3-4,7H,1-2,5-6,8,17H2;1H. The molecule has 0 spiro atoms. The van der Waals surface area contributed by atoms with Gasteiger partial charge in [-0.25, -0.2) is 4.39 Å². The van der Waals surface area contributed by atoms with Crippen LogP contribution in [0.4, 0.5) is 4.39 Å². The number of ether oxygens (including phenoxy) is 1. The van der Waals surface area contributed by atoms with Gasteiger partial charge in [0.15, 0.2) is 12.4 Å². The van der Waals surface area contributed by atoms with Gasteiger partial charge in [-0.1, -0.05) is 29.6 Å². The highest BCUT2D eigenvalue weighted by molar-refractivity contribution is 6.30. The molecule has 1 aromatic carbocycles. The SMILES string of the molecule is Cl.NC1(c2noc(COc3ccc(F)c(Cl)c3)n2)CCCC1. The number of halogens is 3. The van der Waals surface area contributed by atoms with Crippen molar-refractivity contribution in [1.29, 1.82) is 0 Å². The molecule has 1 fully saturated rings. The fourth-order valence-corrected chi connectivity index (χ4v) is 2.63. The zero-order valence-electron chi connectivity index (χ0n) is 11.7. The average molecular weight is 348 g/mol. The second-order valence-electron chi connectivity index (χ2n) is 5.24. The fraction of sp³-hybridized carbons (Fsp3) is 0.429. The Labute approximate surface area is 138 Å². The van der Waals surface area contributed by atoms with Gasteiger partial charge in [-0.2, -0.15) is 4.98 Å². The van der Waals surface area contributed by atoms with Crippen molar-refractivity contribution in [2.24, 2.45) is 5.73 Å². The predicted octanol–water partition coefficient (Wildman–Crippen LogP) is 3.59. The zero-order valence-corrected chi connectivity index (χ0v) is 13.3. The summed E-state index contributed by atoms with van der Waals surface area (Å²) in [4.78, 5) is 4.28. The van der Waals surface area contributed by atoms with E-state index in [1.807, 2.05) is 0 Å². The van der Waals surface area contributed by atoms with Crippen molar-refractivity contribution in [2.75, 3.05) is 0 Å². The minimum absolute atomic E-state index is 0. The number of rotatable bonds is 4. The Morgan fingerprint density at radius 2 is 2.09 bits per heavy atom. The van der Waals surface area contributed by atoms with Crippen LogP contribution >= 0.6 is 24.0 Å². The molecule has 8 heteroatoms. The molecule has 2 aromatic rings. The van der Waals surface area contributed by atoms with Crippen LogP contribution in [0, 0.1) is 5.82 Å². The van der Waals surface area contributed by atoms with Gasteiger partial charge < -0.3 is 15.0 Å². The lowest BCUT2D eigenvalue weighted by Crippen LogP contribution is -2.34. The third-order valence-electron chi connectivity index (χ3n) is 3.66. The van der Waals surface area contributed by atoms with Gasteiger partial charge in [-0.15, -0.1) is 12.4 Å². The molecule has 1 saturated carbocycles. The molecule has 22 heavy (non-hydrogen) atoms. The Kier molecular flexibility index (Phi) is 5.26. The third kappa shape index (κ3) is 3.51. The molecule has 5 nitrogen and oxygen atoms in total. The number of hydrogen-bond acceptors (Lipinski definition) is 5. The van der Waals surface area contributed by atoms with Crippen LogP contribution in [0.2, 0.25) is 5.02 Å². The van der Waals surface area contributed by atoms with E-state index in [9.17, 15) is 4.39 Å². The number of nitrogens with zero attached hydrogens (tertiary/aromatic N) is 2. The van der Waals surface area contributed by atoms with E-state index in [0.717, 1.165) is 25.7 Å². The molecule has 0 bridgehead atoms. The molecular formula is C14H16Cl2FN3O2. The topological polar surface area (TPSA) is 74.2 Å². The quantitative estimate of drug-likeness (QED) is 0.914. The van der Waals surface area contributed by atoms with Gasteiger partial charge in [-0.05, 0) is 25.0 Å². The van der Waals surface area contributed by atoms with E-state index in [-0.39, 0.29) is 24.0 Å². The molecular weight excluding hydrogens is 332 g/mol. The first-order chi connectivity index (χ1) is 10.1. The van der Waals surface area contributed by atoms with E-state index in [0.29, 0.717) is 17.5 Å². The number of nitrogens with two attached hydrogens (primary N) is 1.